The van der Waals surface area contributed by atoms with Crippen molar-refractivity contribution < 1.29 is 28.9 Å². The second-order valence-corrected chi connectivity index (χ2v) is 8.99. The minimum atomic E-state index is -1.08. The Balaban J connectivity index is 1.44. The maximum absolute atomic E-state index is 13.5. The van der Waals surface area contributed by atoms with Crippen molar-refractivity contribution >= 4 is 40.2 Å². The highest BCUT2D eigenvalue weighted by molar-refractivity contribution is 6.31. The van der Waals surface area contributed by atoms with E-state index >= 15 is 0 Å². The standard InChI is InChI=1S/C25H25ClN4O6/c1-2-34-16-7-8-30(19(11-16)25(32)33)24(31)23-28-18-5-4-15(26)10-17(18)22(29-23)27-12-14-3-6-20-21(9-14)36-13-35-20/h3-6,9-10,16,19H,2,7-8,11-13H2,1H3,(H,32,33)(H,27,28,29). The van der Waals surface area contributed by atoms with Gasteiger partial charge in [-0.15, -0.1) is 0 Å². The summed E-state index contributed by atoms with van der Waals surface area (Å²) in [5.41, 5.74) is 1.44. The lowest BCUT2D eigenvalue weighted by molar-refractivity contribution is -0.145. The molecule has 2 atom stereocenters. The number of carbonyl (C=O) groups is 2. The van der Waals surface area contributed by atoms with E-state index in [0.717, 1.165) is 5.56 Å². The van der Waals surface area contributed by atoms with Crippen molar-refractivity contribution in [2.75, 3.05) is 25.3 Å². The summed E-state index contributed by atoms with van der Waals surface area (Å²) in [6, 6.07) is 9.71. The largest absolute Gasteiger partial charge is 0.480 e. The number of nitrogens with zero attached hydrogens (tertiary/aromatic N) is 3. The number of nitrogens with one attached hydrogen (secondary N) is 1. The van der Waals surface area contributed by atoms with Crippen molar-refractivity contribution in [3.8, 4) is 11.5 Å². The Bertz CT molecular complexity index is 1320. The van der Waals surface area contributed by atoms with Crippen LogP contribution in [-0.4, -0.2) is 63.9 Å². The number of hydrogen-bond donors (Lipinski definition) is 2. The monoisotopic (exact) mass is 512 g/mol. The lowest BCUT2D eigenvalue weighted by Gasteiger charge is -2.36. The molecule has 11 heteroatoms. The smallest absolute Gasteiger partial charge is 0.326 e. The molecule has 2 aromatic carbocycles. The van der Waals surface area contributed by atoms with Gasteiger partial charge in [-0.05, 0) is 49.2 Å². The first-order valence-corrected chi connectivity index (χ1v) is 12.1. The number of likely N-dealkylation sites (tertiary alicyclic amines) is 1. The number of fused-ring (bicyclic) bond motifs is 2. The minimum absolute atomic E-state index is 0.0841. The molecule has 1 saturated heterocycles. The summed E-state index contributed by atoms with van der Waals surface area (Å²) in [4.78, 5) is 35.7. The average Bonchev–Trinajstić information content (AvgIpc) is 3.35. The van der Waals surface area contributed by atoms with Gasteiger partial charge in [0.15, 0.2) is 11.5 Å². The number of halogens is 1. The highest BCUT2D eigenvalue weighted by atomic mass is 35.5. The van der Waals surface area contributed by atoms with E-state index in [9.17, 15) is 14.7 Å². The number of aromatic nitrogens is 2. The van der Waals surface area contributed by atoms with Crippen molar-refractivity contribution in [2.24, 2.45) is 0 Å². The van der Waals surface area contributed by atoms with E-state index in [1.54, 1.807) is 18.2 Å². The summed E-state index contributed by atoms with van der Waals surface area (Å²) in [6.45, 7) is 3.16. The van der Waals surface area contributed by atoms with Gasteiger partial charge in [-0.1, -0.05) is 17.7 Å². The fourth-order valence-corrected chi connectivity index (χ4v) is 4.67. The van der Waals surface area contributed by atoms with Crippen LogP contribution in [0.4, 0.5) is 5.82 Å². The number of benzene rings is 2. The van der Waals surface area contributed by atoms with Crippen LogP contribution in [0.2, 0.25) is 5.02 Å². The lowest BCUT2D eigenvalue weighted by Crippen LogP contribution is -2.52. The maximum Gasteiger partial charge on any atom is 0.326 e. The third kappa shape index (κ3) is 4.87. The predicted octanol–water partition coefficient (Wildman–Crippen LogP) is 3.72. The van der Waals surface area contributed by atoms with Gasteiger partial charge in [0.1, 0.15) is 11.9 Å². The van der Waals surface area contributed by atoms with Gasteiger partial charge in [0.25, 0.3) is 5.91 Å². The van der Waals surface area contributed by atoms with E-state index in [-0.39, 0.29) is 31.7 Å². The zero-order chi connectivity index (χ0) is 25.2. The average molecular weight is 513 g/mol. The molecule has 0 radical (unpaired) electrons. The molecule has 2 unspecified atom stereocenters. The van der Waals surface area contributed by atoms with Crippen LogP contribution in [0.1, 0.15) is 35.9 Å². The molecule has 36 heavy (non-hydrogen) atoms. The topological polar surface area (TPSA) is 123 Å². The van der Waals surface area contributed by atoms with Gasteiger partial charge >= 0.3 is 5.97 Å². The number of aliphatic carboxylic acids is 1. The van der Waals surface area contributed by atoms with Gasteiger partial charge in [-0.25, -0.2) is 14.8 Å². The second-order valence-electron chi connectivity index (χ2n) is 8.55. The van der Waals surface area contributed by atoms with Crippen LogP contribution < -0.4 is 14.8 Å². The van der Waals surface area contributed by atoms with Crippen LogP contribution in [0, 0.1) is 0 Å². The van der Waals surface area contributed by atoms with E-state index in [0.29, 0.717) is 52.8 Å². The molecule has 0 bridgehead atoms. The number of hydrogen-bond acceptors (Lipinski definition) is 8. The normalized spacial score (nSPS) is 18.9. The number of ether oxygens (including phenoxy) is 3. The van der Waals surface area contributed by atoms with Crippen LogP contribution in [0.5, 0.6) is 11.5 Å². The van der Waals surface area contributed by atoms with Crippen LogP contribution in [0.3, 0.4) is 0 Å². The highest BCUT2D eigenvalue weighted by Crippen LogP contribution is 2.33. The Labute approximate surface area is 212 Å². The molecule has 2 aliphatic heterocycles. The van der Waals surface area contributed by atoms with Crippen LogP contribution in [0.25, 0.3) is 10.9 Å². The van der Waals surface area contributed by atoms with E-state index in [4.69, 9.17) is 25.8 Å². The molecule has 2 N–H and O–H groups in total. The third-order valence-electron chi connectivity index (χ3n) is 6.25. The molecule has 3 heterocycles. The number of amides is 1. The van der Waals surface area contributed by atoms with Gasteiger partial charge < -0.3 is 29.5 Å². The molecule has 1 fully saturated rings. The quantitative estimate of drug-likeness (QED) is 0.487. The zero-order valence-electron chi connectivity index (χ0n) is 19.6. The first-order valence-electron chi connectivity index (χ1n) is 11.7. The van der Waals surface area contributed by atoms with E-state index in [1.807, 2.05) is 25.1 Å². The van der Waals surface area contributed by atoms with Crippen molar-refractivity contribution in [1.82, 2.24) is 14.9 Å². The summed E-state index contributed by atoms with van der Waals surface area (Å²) in [7, 11) is 0. The summed E-state index contributed by atoms with van der Waals surface area (Å²) in [5.74, 6) is 0.0587. The number of piperidine rings is 1. The Morgan fingerprint density at radius 3 is 2.83 bits per heavy atom. The summed E-state index contributed by atoms with van der Waals surface area (Å²) >= 11 is 6.22. The van der Waals surface area contributed by atoms with Gasteiger partial charge in [0, 0.05) is 36.5 Å². The number of rotatable bonds is 7. The molecule has 1 amide bonds. The van der Waals surface area contributed by atoms with Gasteiger partial charge in [-0.3, -0.25) is 4.79 Å². The SMILES string of the molecule is CCOC1CCN(C(=O)c2nc(NCc3ccc4c(c3)OCO4)c3cc(Cl)ccc3n2)C(C(=O)O)C1. The van der Waals surface area contributed by atoms with Crippen LogP contribution in [0.15, 0.2) is 36.4 Å². The summed E-state index contributed by atoms with van der Waals surface area (Å²) in [6.07, 6.45) is 0.550. The number of anilines is 1. The highest BCUT2D eigenvalue weighted by Gasteiger charge is 2.38. The Kier molecular flexibility index (Phi) is 6.80. The first kappa shape index (κ1) is 24.1. The minimum Gasteiger partial charge on any atom is -0.480 e. The lowest BCUT2D eigenvalue weighted by atomic mass is 9.99. The van der Waals surface area contributed by atoms with E-state index in [1.165, 1.54) is 4.90 Å². The molecule has 10 nitrogen and oxygen atoms in total. The molecular weight excluding hydrogens is 488 g/mol. The predicted molar refractivity (Wildman–Crippen MR) is 132 cm³/mol. The number of carboxylic acid groups (broad SMARTS) is 1. The van der Waals surface area contributed by atoms with Crippen molar-refractivity contribution in [1.29, 1.82) is 0 Å². The van der Waals surface area contributed by atoms with Crippen molar-refractivity contribution in [3.63, 3.8) is 0 Å². The molecule has 5 rings (SSSR count). The van der Waals surface area contributed by atoms with Crippen molar-refractivity contribution in [3.05, 3.63) is 52.8 Å². The Hall–Kier alpha value is -3.63. The number of carboxylic acids is 1. The van der Waals surface area contributed by atoms with Crippen LogP contribution in [-0.2, 0) is 16.1 Å². The molecular formula is C25H25ClN4O6. The molecule has 3 aromatic rings. The van der Waals surface area contributed by atoms with Gasteiger partial charge in [0.05, 0.1) is 11.6 Å². The van der Waals surface area contributed by atoms with Crippen LogP contribution >= 0.6 is 11.6 Å². The Morgan fingerprint density at radius 1 is 1.19 bits per heavy atom. The molecule has 2 aliphatic rings. The molecule has 0 aliphatic carbocycles. The van der Waals surface area contributed by atoms with Crippen molar-refractivity contribution in [2.45, 2.75) is 38.5 Å². The van der Waals surface area contributed by atoms with Gasteiger partial charge in [-0.2, -0.15) is 0 Å². The van der Waals surface area contributed by atoms with E-state index in [2.05, 4.69) is 15.3 Å². The molecule has 0 saturated carbocycles. The fourth-order valence-electron chi connectivity index (χ4n) is 4.49. The summed E-state index contributed by atoms with van der Waals surface area (Å²) < 4.78 is 16.4. The Morgan fingerprint density at radius 2 is 2.03 bits per heavy atom. The second kappa shape index (κ2) is 10.2. The zero-order valence-corrected chi connectivity index (χ0v) is 20.3. The van der Waals surface area contributed by atoms with E-state index < -0.39 is 17.9 Å². The molecule has 188 valence electrons. The van der Waals surface area contributed by atoms with Gasteiger partial charge in [0.2, 0.25) is 12.6 Å². The molecule has 0 spiro atoms. The first-order chi connectivity index (χ1) is 17.4. The fraction of sp³-hybridized carbons (Fsp3) is 0.360. The summed E-state index contributed by atoms with van der Waals surface area (Å²) in [5, 5.41) is 14.2. The third-order valence-corrected chi connectivity index (χ3v) is 6.48. The number of carbonyl (C=O) groups excluding carboxylic acids is 1. The molecule has 1 aromatic heterocycles. The maximum atomic E-state index is 13.5.